The molecule has 2 aromatic carbocycles. The second-order valence-electron chi connectivity index (χ2n) is 7.67. The molecule has 29 heavy (non-hydrogen) atoms. The summed E-state index contributed by atoms with van der Waals surface area (Å²) in [6.45, 7) is -0.389. The first-order chi connectivity index (χ1) is 13.9. The first-order valence-electron chi connectivity index (χ1n) is 9.83. The van der Waals surface area contributed by atoms with E-state index in [0.29, 0.717) is 24.3 Å². The molecule has 0 atom stereocenters. The first-order valence-corrected chi connectivity index (χ1v) is 9.83. The summed E-state index contributed by atoms with van der Waals surface area (Å²) < 4.78 is 10.6. The van der Waals surface area contributed by atoms with Gasteiger partial charge in [-0.15, -0.1) is 0 Å². The second-order valence-corrected chi connectivity index (χ2v) is 7.67. The Hall–Kier alpha value is -3.09. The van der Waals surface area contributed by atoms with E-state index in [1.165, 1.54) is 4.90 Å². The molecule has 1 saturated heterocycles. The van der Waals surface area contributed by atoms with E-state index in [4.69, 9.17) is 9.47 Å². The maximum atomic E-state index is 13.0. The zero-order chi connectivity index (χ0) is 20.6. The molecule has 1 saturated carbocycles. The molecule has 0 N–H and O–H groups in total. The largest absolute Gasteiger partial charge is 0.497 e. The molecule has 152 valence electrons. The zero-order valence-electron chi connectivity index (χ0n) is 16.6. The Morgan fingerprint density at radius 1 is 1.00 bits per heavy atom. The Morgan fingerprint density at radius 3 is 2.34 bits per heavy atom. The summed E-state index contributed by atoms with van der Waals surface area (Å²) >= 11 is 0. The van der Waals surface area contributed by atoms with Gasteiger partial charge in [0.05, 0.1) is 7.11 Å². The summed E-state index contributed by atoms with van der Waals surface area (Å²) in [5.74, 6) is 0.130. The molecule has 2 fully saturated rings. The number of esters is 1. The van der Waals surface area contributed by atoms with Crippen LogP contribution in [-0.2, 0) is 9.59 Å². The molecule has 0 radical (unpaired) electrons. The number of benzene rings is 2. The average molecular weight is 396 g/mol. The maximum absolute atomic E-state index is 13.0. The zero-order valence-corrected chi connectivity index (χ0v) is 16.6. The van der Waals surface area contributed by atoms with Gasteiger partial charge >= 0.3 is 12.0 Å². The Morgan fingerprint density at radius 2 is 1.66 bits per heavy atom. The fraction of sp³-hybridized carbons (Fsp3) is 0.409. The van der Waals surface area contributed by atoms with E-state index in [0.717, 1.165) is 34.9 Å². The molecule has 1 aliphatic heterocycles. The quantitative estimate of drug-likeness (QED) is 0.450. The minimum atomic E-state index is -0.797. The maximum Gasteiger partial charge on any atom is 0.331 e. The molecule has 1 spiro atoms. The molecule has 2 aliphatic rings. The summed E-state index contributed by atoms with van der Waals surface area (Å²) in [4.78, 5) is 40.6. The van der Waals surface area contributed by atoms with Gasteiger partial charge in [0.25, 0.3) is 5.91 Å². The van der Waals surface area contributed by atoms with Gasteiger partial charge in [0, 0.05) is 7.05 Å². The predicted molar refractivity (Wildman–Crippen MR) is 107 cm³/mol. The van der Waals surface area contributed by atoms with Crippen molar-refractivity contribution in [2.75, 3.05) is 20.7 Å². The molecule has 2 aromatic rings. The highest BCUT2D eigenvalue weighted by Crippen LogP contribution is 2.39. The Balaban J connectivity index is 1.49. The number of rotatable bonds is 4. The monoisotopic (exact) mass is 396 g/mol. The van der Waals surface area contributed by atoms with E-state index in [2.05, 4.69) is 0 Å². The molecule has 0 unspecified atom stereocenters. The van der Waals surface area contributed by atoms with Crippen molar-refractivity contribution in [3.63, 3.8) is 0 Å². The van der Waals surface area contributed by atoms with E-state index in [1.807, 2.05) is 24.3 Å². The Bertz CT molecular complexity index is 980. The number of hydrogen-bond acceptors (Lipinski definition) is 5. The number of fused-ring (bicyclic) bond motifs is 1. The van der Waals surface area contributed by atoms with Crippen LogP contribution in [0.4, 0.5) is 4.79 Å². The van der Waals surface area contributed by atoms with Crippen molar-refractivity contribution in [3.05, 3.63) is 36.4 Å². The fourth-order valence-electron chi connectivity index (χ4n) is 4.36. The number of methoxy groups -OCH3 is 1. The predicted octanol–water partition coefficient (Wildman–Crippen LogP) is 3.35. The van der Waals surface area contributed by atoms with Gasteiger partial charge in [-0.05, 0) is 47.9 Å². The fourth-order valence-corrected chi connectivity index (χ4v) is 4.36. The molecular weight excluding hydrogens is 372 g/mol. The standard InChI is InChI=1S/C22H24N2O5/c1-23-21(27)24(20(26)22(23)10-4-3-5-11-22)14-19(25)29-18-9-7-15-6-8-17(28-2)12-16(15)13-18/h6-9,12-13H,3-5,10-11,14H2,1-2H3. The van der Waals surface area contributed by atoms with Crippen LogP contribution in [0.15, 0.2) is 36.4 Å². The van der Waals surface area contributed by atoms with Gasteiger partial charge in [-0.3, -0.25) is 9.69 Å². The van der Waals surface area contributed by atoms with E-state index in [1.54, 1.807) is 26.3 Å². The lowest BCUT2D eigenvalue weighted by Crippen LogP contribution is -2.49. The van der Waals surface area contributed by atoms with Crippen LogP contribution in [0.5, 0.6) is 11.5 Å². The number of urea groups is 1. The summed E-state index contributed by atoms with van der Waals surface area (Å²) in [5.41, 5.74) is -0.797. The number of likely N-dealkylation sites (N-methyl/N-ethyl adjacent to an activating group) is 1. The summed E-state index contributed by atoms with van der Waals surface area (Å²) in [6, 6.07) is 10.5. The van der Waals surface area contributed by atoms with Crippen molar-refractivity contribution in [1.82, 2.24) is 9.80 Å². The van der Waals surface area contributed by atoms with Gasteiger partial charge in [0.15, 0.2) is 0 Å². The molecule has 7 nitrogen and oxygen atoms in total. The molecule has 1 aliphatic carbocycles. The number of ether oxygens (including phenoxy) is 2. The van der Waals surface area contributed by atoms with Crippen LogP contribution >= 0.6 is 0 Å². The van der Waals surface area contributed by atoms with Crippen molar-refractivity contribution in [2.45, 2.75) is 37.6 Å². The number of carbonyl (C=O) groups excluding carboxylic acids is 3. The minimum absolute atomic E-state index is 0.287. The highest BCUT2D eigenvalue weighted by molar-refractivity contribution is 6.08. The highest BCUT2D eigenvalue weighted by atomic mass is 16.5. The summed E-state index contributed by atoms with van der Waals surface area (Å²) in [6.07, 6.45) is 4.16. The number of amides is 3. The second kappa shape index (κ2) is 7.39. The van der Waals surface area contributed by atoms with Crippen molar-refractivity contribution >= 4 is 28.7 Å². The molecule has 3 amide bonds. The van der Waals surface area contributed by atoms with Gasteiger partial charge in [-0.2, -0.15) is 0 Å². The topological polar surface area (TPSA) is 76.2 Å². The molecule has 1 heterocycles. The van der Waals surface area contributed by atoms with Gasteiger partial charge in [0.1, 0.15) is 23.6 Å². The van der Waals surface area contributed by atoms with Gasteiger partial charge in [0.2, 0.25) is 0 Å². The van der Waals surface area contributed by atoms with Gasteiger partial charge in [-0.1, -0.05) is 31.4 Å². The van der Waals surface area contributed by atoms with Gasteiger partial charge in [-0.25, -0.2) is 9.59 Å². The summed E-state index contributed by atoms with van der Waals surface area (Å²) in [5, 5.41) is 1.85. The van der Waals surface area contributed by atoms with Gasteiger partial charge < -0.3 is 14.4 Å². The molecule has 4 rings (SSSR count). The smallest absolute Gasteiger partial charge is 0.331 e. The van der Waals surface area contributed by atoms with E-state index in [9.17, 15) is 14.4 Å². The third-order valence-electron chi connectivity index (χ3n) is 6.02. The third-order valence-corrected chi connectivity index (χ3v) is 6.02. The molecule has 7 heteroatoms. The van der Waals surface area contributed by atoms with Crippen LogP contribution in [0.25, 0.3) is 10.8 Å². The average Bonchev–Trinajstić information content (AvgIpc) is 2.90. The normalized spacial score (nSPS) is 18.6. The highest BCUT2D eigenvalue weighted by Gasteiger charge is 2.55. The van der Waals surface area contributed by atoms with Crippen LogP contribution in [-0.4, -0.2) is 53.9 Å². The Labute approximate surface area is 169 Å². The van der Waals surface area contributed by atoms with Crippen molar-refractivity contribution in [1.29, 1.82) is 0 Å². The molecule has 0 aromatic heterocycles. The SMILES string of the molecule is COc1ccc2ccc(OC(=O)CN3C(=O)N(C)C4(CCCCC4)C3=O)cc2c1. The van der Waals surface area contributed by atoms with Crippen molar-refractivity contribution in [2.24, 2.45) is 0 Å². The van der Waals surface area contributed by atoms with Crippen LogP contribution in [0, 0.1) is 0 Å². The Kier molecular flexibility index (Phi) is 4.90. The third kappa shape index (κ3) is 3.30. The minimum Gasteiger partial charge on any atom is -0.497 e. The lowest BCUT2D eigenvalue weighted by atomic mass is 9.81. The number of hydrogen-bond donors (Lipinski definition) is 0. The molecular formula is C22H24N2O5. The molecule has 0 bridgehead atoms. The van der Waals surface area contributed by atoms with Crippen molar-refractivity contribution in [3.8, 4) is 11.5 Å². The van der Waals surface area contributed by atoms with E-state index >= 15 is 0 Å². The van der Waals surface area contributed by atoms with Crippen molar-refractivity contribution < 1.29 is 23.9 Å². The summed E-state index contributed by atoms with van der Waals surface area (Å²) in [7, 11) is 3.23. The van der Waals surface area contributed by atoms with Crippen LogP contribution in [0.3, 0.4) is 0 Å². The van der Waals surface area contributed by atoms with Crippen LogP contribution < -0.4 is 9.47 Å². The first kappa shape index (κ1) is 19.2. The van der Waals surface area contributed by atoms with E-state index < -0.39 is 17.5 Å². The van der Waals surface area contributed by atoms with E-state index in [-0.39, 0.29) is 12.5 Å². The lowest BCUT2D eigenvalue weighted by molar-refractivity contribution is -0.142. The number of nitrogens with zero attached hydrogens (tertiary/aromatic N) is 2. The van der Waals surface area contributed by atoms with Crippen LogP contribution in [0.1, 0.15) is 32.1 Å². The number of carbonyl (C=O) groups is 3. The lowest BCUT2D eigenvalue weighted by Gasteiger charge is -2.35. The number of imide groups is 1. The van der Waals surface area contributed by atoms with Crippen LogP contribution in [0.2, 0.25) is 0 Å².